The Kier molecular flexibility index (Phi) is 2.64. The van der Waals surface area contributed by atoms with E-state index in [0.29, 0.717) is 0 Å². The highest BCUT2D eigenvalue weighted by Gasteiger charge is 2.07. The number of nitrogens with zero attached hydrogens (tertiary/aromatic N) is 1. The van der Waals surface area contributed by atoms with Gasteiger partial charge in [0.2, 0.25) is 0 Å². The molecule has 1 aromatic carbocycles. The number of hydrogen-bond donors (Lipinski definition) is 0. The molecule has 1 aromatic heterocycles. The second-order valence-corrected chi connectivity index (χ2v) is 9.97. The van der Waals surface area contributed by atoms with Crippen LogP contribution in [0.1, 0.15) is 5.56 Å². The number of fused-ring (bicyclic) bond motifs is 1. The van der Waals surface area contributed by atoms with Crippen LogP contribution in [0.3, 0.4) is 0 Å². The van der Waals surface area contributed by atoms with Crippen molar-refractivity contribution >= 4 is 30.5 Å². The summed E-state index contributed by atoms with van der Waals surface area (Å²) in [7, 11) is -1.27. The highest BCUT2D eigenvalue weighted by atomic mass is 32.1. The molecule has 15 heavy (non-hydrogen) atoms. The Morgan fingerprint density at radius 3 is 2.80 bits per heavy atom. The summed E-state index contributed by atoms with van der Waals surface area (Å²) in [6.07, 6.45) is 0. The van der Waals surface area contributed by atoms with E-state index in [1.165, 1.54) is 16.9 Å². The SMILES string of the molecule is C[Si](C)(C)C#Cc1ccc2csnc2c1. The Morgan fingerprint density at radius 1 is 1.27 bits per heavy atom. The second kappa shape index (κ2) is 3.80. The Balaban J connectivity index is 2.39. The highest BCUT2D eigenvalue weighted by molar-refractivity contribution is 7.04. The summed E-state index contributed by atoms with van der Waals surface area (Å²) in [5.74, 6) is 3.24. The van der Waals surface area contributed by atoms with Gasteiger partial charge < -0.3 is 0 Å². The lowest BCUT2D eigenvalue weighted by Gasteiger charge is -2.03. The molecule has 0 aliphatic heterocycles. The first kappa shape index (κ1) is 10.4. The largest absolute Gasteiger partial charge is 0.193 e. The lowest BCUT2D eigenvalue weighted by molar-refractivity contribution is 1.63. The van der Waals surface area contributed by atoms with Crippen molar-refractivity contribution in [2.45, 2.75) is 19.6 Å². The van der Waals surface area contributed by atoms with Gasteiger partial charge in [-0.1, -0.05) is 31.6 Å². The van der Waals surface area contributed by atoms with Crippen molar-refractivity contribution in [1.29, 1.82) is 0 Å². The van der Waals surface area contributed by atoms with E-state index in [9.17, 15) is 0 Å². The zero-order chi connectivity index (χ0) is 10.9. The van der Waals surface area contributed by atoms with Crippen LogP contribution < -0.4 is 0 Å². The van der Waals surface area contributed by atoms with E-state index in [1.54, 1.807) is 0 Å². The fourth-order valence-corrected chi connectivity index (χ4v) is 2.36. The zero-order valence-electron chi connectivity index (χ0n) is 9.16. The molecule has 0 saturated carbocycles. The van der Waals surface area contributed by atoms with Gasteiger partial charge in [-0.15, -0.1) is 5.54 Å². The average molecular weight is 231 g/mol. The van der Waals surface area contributed by atoms with E-state index in [0.717, 1.165) is 11.1 Å². The standard InChI is InChI=1S/C12H13NSSi/c1-15(2,3)7-6-10-4-5-11-9-14-13-12(11)8-10/h4-5,8-9H,1-3H3. The van der Waals surface area contributed by atoms with E-state index in [4.69, 9.17) is 0 Å². The van der Waals surface area contributed by atoms with Crippen molar-refractivity contribution in [3.05, 3.63) is 29.1 Å². The van der Waals surface area contributed by atoms with Crippen LogP contribution in [0.25, 0.3) is 10.9 Å². The summed E-state index contributed by atoms with van der Waals surface area (Å²) in [6.45, 7) is 6.75. The number of benzene rings is 1. The molecular weight excluding hydrogens is 218 g/mol. The molecule has 2 rings (SSSR count). The van der Waals surface area contributed by atoms with Crippen LogP contribution in [-0.2, 0) is 0 Å². The Hall–Kier alpha value is -1.11. The van der Waals surface area contributed by atoms with Gasteiger partial charge in [0.05, 0.1) is 5.52 Å². The van der Waals surface area contributed by atoms with Gasteiger partial charge in [-0.05, 0) is 23.7 Å². The van der Waals surface area contributed by atoms with Crippen LogP contribution in [0, 0.1) is 11.5 Å². The van der Waals surface area contributed by atoms with Crippen LogP contribution in [0.2, 0.25) is 19.6 Å². The molecule has 0 radical (unpaired) electrons. The number of hydrogen-bond acceptors (Lipinski definition) is 2. The van der Waals surface area contributed by atoms with E-state index < -0.39 is 8.07 Å². The highest BCUT2D eigenvalue weighted by Crippen LogP contribution is 2.16. The maximum Gasteiger partial charge on any atom is 0.129 e. The third kappa shape index (κ3) is 2.68. The molecule has 2 aromatic rings. The van der Waals surface area contributed by atoms with Crippen molar-refractivity contribution in [3.63, 3.8) is 0 Å². The van der Waals surface area contributed by atoms with Gasteiger partial charge >= 0.3 is 0 Å². The average Bonchev–Trinajstić information content (AvgIpc) is 2.60. The first-order chi connectivity index (χ1) is 7.04. The number of rotatable bonds is 0. The zero-order valence-corrected chi connectivity index (χ0v) is 11.0. The molecule has 0 N–H and O–H groups in total. The van der Waals surface area contributed by atoms with E-state index in [-0.39, 0.29) is 0 Å². The summed E-state index contributed by atoms with van der Waals surface area (Å²) in [5.41, 5.74) is 5.50. The summed E-state index contributed by atoms with van der Waals surface area (Å²) >= 11 is 1.50. The van der Waals surface area contributed by atoms with Crippen LogP contribution in [0.4, 0.5) is 0 Å². The van der Waals surface area contributed by atoms with Gasteiger partial charge in [0.15, 0.2) is 0 Å². The first-order valence-corrected chi connectivity index (χ1v) is 9.26. The number of aromatic nitrogens is 1. The monoisotopic (exact) mass is 231 g/mol. The minimum Gasteiger partial charge on any atom is -0.193 e. The molecule has 1 nitrogen and oxygen atoms in total. The quantitative estimate of drug-likeness (QED) is 0.499. The second-order valence-electron chi connectivity index (χ2n) is 4.59. The van der Waals surface area contributed by atoms with Gasteiger partial charge in [0.25, 0.3) is 0 Å². The van der Waals surface area contributed by atoms with Crippen LogP contribution in [0.5, 0.6) is 0 Å². The normalized spacial score (nSPS) is 11.1. The van der Waals surface area contributed by atoms with Gasteiger partial charge in [-0.25, -0.2) is 0 Å². The molecular formula is C12H13NSSi. The van der Waals surface area contributed by atoms with Crippen molar-refractivity contribution in [1.82, 2.24) is 4.37 Å². The molecule has 0 bridgehead atoms. The maximum atomic E-state index is 4.31. The summed E-state index contributed by atoms with van der Waals surface area (Å²) in [6, 6.07) is 6.23. The maximum absolute atomic E-state index is 4.31. The van der Waals surface area contributed by atoms with Crippen LogP contribution >= 0.6 is 11.5 Å². The fourth-order valence-electron chi connectivity index (χ4n) is 1.20. The smallest absolute Gasteiger partial charge is 0.129 e. The first-order valence-electron chi connectivity index (χ1n) is 4.92. The van der Waals surface area contributed by atoms with Gasteiger partial charge in [0.1, 0.15) is 8.07 Å². The Labute approximate surface area is 95.3 Å². The van der Waals surface area contributed by atoms with Crippen molar-refractivity contribution in [2.75, 3.05) is 0 Å². The molecule has 0 aliphatic carbocycles. The van der Waals surface area contributed by atoms with E-state index in [2.05, 4.69) is 59.1 Å². The van der Waals surface area contributed by atoms with Crippen LogP contribution in [0.15, 0.2) is 23.6 Å². The lowest BCUT2D eigenvalue weighted by Crippen LogP contribution is -2.16. The van der Waals surface area contributed by atoms with Crippen molar-refractivity contribution < 1.29 is 0 Å². The molecule has 1 heterocycles. The van der Waals surface area contributed by atoms with Gasteiger partial charge in [-0.3, -0.25) is 0 Å². The molecule has 0 amide bonds. The van der Waals surface area contributed by atoms with E-state index >= 15 is 0 Å². The lowest BCUT2D eigenvalue weighted by atomic mass is 10.2. The Bertz CT molecular complexity index is 540. The molecule has 0 aliphatic rings. The molecule has 0 unspecified atom stereocenters. The van der Waals surface area contributed by atoms with Gasteiger partial charge in [-0.2, -0.15) is 4.37 Å². The molecule has 0 atom stereocenters. The predicted molar refractivity (Wildman–Crippen MR) is 69.8 cm³/mol. The van der Waals surface area contributed by atoms with Crippen molar-refractivity contribution in [2.24, 2.45) is 0 Å². The molecule has 3 heteroatoms. The Morgan fingerprint density at radius 2 is 2.07 bits per heavy atom. The van der Waals surface area contributed by atoms with Gasteiger partial charge in [0, 0.05) is 16.3 Å². The van der Waals surface area contributed by atoms with Crippen LogP contribution in [-0.4, -0.2) is 12.4 Å². The minimum absolute atomic E-state index is 1.06. The predicted octanol–water partition coefficient (Wildman–Crippen LogP) is 3.53. The summed E-state index contributed by atoms with van der Waals surface area (Å²) in [4.78, 5) is 0. The summed E-state index contributed by atoms with van der Waals surface area (Å²) in [5, 5.41) is 3.27. The van der Waals surface area contributed by atoms with Crippen molar-refractivity contribution in [3.8, 4) is 11.5 Å². The molecule has 76 valence electrons. The fraction of sp³-hybridized carbons (Fsp3) is 0.250. The molecule has 0 fully saturated rings. The third-order valence-corrected chi connectivity index (χ3v) is 3.48. The van der Waals surface area contributed by atoms with E-state index in [1.807, 2.05) is 0 Å². The molecule has 0 saturated heterocycles. The third-order valence-electron chi connectivity index (χ3n) is 1.94. The topological polar surface area (TPSA) is 12.9 Å². The summed E-state index contributed by atoms with van der Waals surface area (Å²) < 4.78 is 4.31. The minimum atomic E-state index is -1.27. The molecule has 0 spiro atoms.